The molecular weight excluding hydrogens is 433 g/mol. The van der Waals surface area contributed by atoms with E-state index in [1.165, 1.54) is 23.2 Å². The highest BCUT2D eigenvalue weighted by atomic mass is 35.5. The molecule has 2 aromatic carbocycles. The molecule has 7 nitrogen and oxygen atoms in total. The average Bonchev–Trinajstić information content (AvgIpc) is 3.34. The molecule has 1 aliphatic carbocycles. The van der Waals surface area contributed by atoms with E-state index in [0.717, 1.165) is 16.6 Å². The largest absolute Gasteiger partial charge is 0.349 e. The number of rotatable bonds is 3. The molecule has 0 atom stereocenters. The third-order valence-electron chi connectivity index (χ3n) is 6.56. The summed E-state index contributed by atoms with van der Waals surface area (Å²) in [6, 6.07) is 9.28. The number of carbonyl (C=O) groups is 2. The summed E-state index contributed by atoms with van der Waals surface area (Å²) in [4.78, 5) is 26.1. The van der Waals surface area contributed by atoms with Crippen LogP contribution in [-0.4, -0.2) is 33.8 Å². The molecule has 0 unspecified atom stereocenters. The molecule has 0 saturated heterocycles. The number of nitrogens with one attached hydrogen (secondary N) is 2. The summed E-state index contributed by atoms with van der Waals surface area (Å²) < 4.78 is 13.4. The molecule has 3 aromatic rings. The lowest BCUT2D eigenvalue weighted by atomic mass is 9.69. The summed E-state index contributed by atoms with van der Waals surface area (Å²) in [5, 5.41) is 16.8. The van der Waals surface area contributed by atoms with Gasteiger partial charge in [-0.25, -0.2) is 4.39 Å². The highest BCUT2D eigenvalue weighted by Crippen LogP contribution is 2.45. The fourth-order valence-corrected chi connectivity index (χ4v) is 4.89. The standard InChI is InChI=1S/C23H21ClFN5O2/c1-13-23(22(32)30(29-13)20-5-4-16(25)11-18(20)24)8-6-17(7-9-23)27-21(31)14-2-3-15-12-26-28-19(15)10-14/h2-5,10-12,17H,6-9H2,1H3,(H,26,28)(H,27,31)/t17-,23-. The Morgan fingerprint density at radius 3 is 2.78 bits per heavy atom. The van der Waals surface area contributed by atoms with Crippen molar-refractivity contribution >= 4 is 45.7 Å². The summed E-state index contributed by atoms with van der Waals surface area (Å²) in [6.45, 7) is 1.84. The van der Waals surface area contributed by atoms with Crippen molar-refractivity contribution in [3.05, 3.63) is 59.0 Å². The van der Waals surface area contributed by atoms with Crippen molar-refractivity contribution in [1.82, 2.24) is 15.5 Å². The van der Waals surface area contributed by atoms with Crippen LogP contribution < -0.4 is 10.3 Å². The van der Waals surface area contributed by atoms with Crippen LogP contribution >= 0.6 is 11.6 Å². The van der Waals surface area contributed by atoms with Gasteiger partial charge in [-0.3, -0.25) is 14.7 Å². The van der Waals surface area contributed by atoms with Crippen LogP contribution in [0.15, 0.2) is 47.7 Å². The third-order valence-corrected chi connectivity index (χ3v) is 6.86. The lowest BCUT2D eigenvalue weighted by molar-refractivity contribution is -0.125. The lowest BCUT2D eigenvalue weighted by Crippen LogP contribution is -2.47. The van der Waals surface area contributed by atoms with E-state index in [1.54, 1.807) is 18.3 Å². The summed E-state index contributed by atoms with van der Waals surface area (Å²) in [5.74, 6) is -0.771. The second-order valence-electron chi connectivity index (χ2n) is 8.40. The van der Waals surface area contributed by atoms with Crippen LogP contribution in [0, 0.1) is 11.2 Å². The van der Waals surface area contributed by atoms with Gasteiger partial charge in [0.1, 0.15) is 5.82 Å². The Balaban J connectivity index is 1.27. The molecule has 32 heavy (non-hydrogen) atoms. The number of benzene rings is 2. The number of carbonyl (C=O) groups excluding carboxylic acids is 2. The molecule has 1 aliphatic heterocycles. The van der Waals surface area contributed by atoms with Gasteiger partial charge in [0.05, 0.1) is 33.6 Å². The van der Waals surface area contributed by atoms with E-state index in [0.29, 0.717) is 36.9 Å². The first kappa shape index (κ1) is 20.6. The zero-order chi connectivity index (χ0) is 22.5. The molecule has 1 aromatic heterocycles. The molecular formula is C23H21ClFN5O2. The van der Waals surface area contributed by atoms with E-state index in [1.807, 2.05) is 13.0 Å². The SMILES string of the molecule is CC1=NN(c2ccc(F)cc2Cl)C(=O)[C@]12CC[C@H](NC(=O)c1ccc3cn[nH]c3c1)CC2. The molecule has 2 amide bonds. The van der Waals surface area contributed by atoms with Crippen molar-refractivity contribution in [3.8, 4) is 0 Å². The summed E-state index contributed by atoms with van der Waals surface area (Å²) in [7, 11) is 0. The van der Waals surface area contributed by atoms with Gasteiger partial charge in [0.15, 0.2) is 0 Å². The Morgan fingerprint density at radius 2 is 2.03 bits per heavy atom. The number of aromatic nitrogens is 2. The van der Waals surface area contributed by atoms with E-state index in [2.05, 4.69) is 20.6 Å². The van der Waals surface area contributed by atoms with E-state index >= 15 is 0 Å². The van der Waals surface area contributed by atoms with Gasteiger partial charge < -0.3 is 5.32 Å². The highest BCUT2D eigenvalue weighted by Gasteiger charge is 2.51. The smallest absolute Gasteiger partial charge is 0.259 e. The number of hydrogen-bond donors (Lipinski definition) is 2. The molecule has 2 aliphatic rings. The minimum atomic E-state index is -0.715. The number of nitrogens with zero attached hydrogens (tertiary/aromatic N) is 3. The van der Waals surface area contributed by atoms with E-state index in [9.17, 15) is 14.0 Å². The van der Waals surface area contributed by atoms with Gasteiger partial charge in [0, 0.05) is 17.0 Å². The van der Waals surface area contributed by atoms with Crippen LogP contribution in [-0.2, 0) is 4.79 Å². The third kappa shape index (κ3) is 3.35. The Kier molecular flexibility index (Phi) is 4.97. The number of halogens is 2. The molecule has 1 saturated carbocycles. The van der Waals surface area contributed by atoms with Crippen molar-refractivity contribution in [1.29, 1.82) is 0 Å². The first-order chi connectivity index (χ1) is 15.4. The van der Waals surface area contributed by atoms with Crippen LogP contribution in [0.4, 0.5) is 10.1 Å². The summed E-state index contributed by atoms with van der Waals surface area (Å²) in [5.41, 5.74) is 1.75. The second kappa shape index (κ2) is 7.70. The van der Waals surface area contributed by atoms with Crippen LogP contribution in [0.5, 0.6) is 0 Å². The monoisotopic (exact) mass is 453 g/mol. The van der Waals surface area contributed by atoms with Gasteiger partial charge in [-0.15, -0.1) is 0 Å². The van der Waals surface area contributed by atoms with Gasteiger partial charge in [-0.05, 0) is 62.9 Å². The lowest BCUT2D eigenvalue weighted by Gasteiger charge is -2.36. The van der Waals surface area contributed by atoms with Crippen LogP contribution in [0.1, 0.15) is 43.0 Å². The molecule has 1 spiro atoms. The Labute approximate surface area is 188 Å². The maximum Gasteiger partial charge on any atom is 0.259 e. The number of aromatic amines is 1. The van der Waals surface area contributed by atoms with E-state index in [-0.39, 0.29) is 22.9 Å². The maximum atomic E-state index is 13.4. The molecule has 0 bridgehead atoms. The average molecular weight is 454 g/mol. The summed E-state index contributed by atoms with van der Waals surface area (Å²) >= 11 is 6.16. The number of hydrogen-bond acceptors (Lipinski definition) is 4. The van der Waals surface area contributed by atoms with E-state index < -0.39 is 11.2 Å². The predicted octanol–water partition coefficient (Wildman–Crippen LogP) is 4.44. The quantitative estimate of drug-likeness (QED) is 0.614. The van der Waals surface area contributed by atoms with Crippen LogP contribution in [0.25, 0.3) is 10.9 Å². The van der Waals surface area contributed by atoms with Crippen molar-refractivity contribution in [2.24, 2.45) is 10.5 Å². The van der Waals surface area contributed by atoms with Crippen LogP contribution in [0.3, 0.4) is 0 Å². The van der Waals surface area contributed by atoms with Crippen molar-refractivity contribution in [2.45, 2.75) is 38.6 Å². The Bertz CT molecular complexity index is 1260. The van der Waals surface area contributed by atoms with E-state index in [4.69, 9.17) is 11.6 Å². The van der Waals surface area contributed by atoms with Gasteiger partial charge in [0.25, 0.3) is 11.8 Å². The second-order valence-corrected chi connectivity index (χ2v) is 8.81. The molecule has 0 radical (unpaired) electrons. The van der Waals surface area contributed by atoms with Crippen LogP contribution in [0.2, 0.25) is 5.02 Å². The first-order valence-electron chi connectivity index (χ1n) is 10.5. The van der Waals surface area contributed by atoms with Gasteiger partial charge >= 0.3 is 0 Å². The zero-order valence-corrected chi connectivity index (χ0v) is 18.1. The topological polar surface area (TPSA) is 90.4 Å². The van der Waals surface area contributed by atoms with Crippen molar-refractivity contribution in [3.63, 3.8) is 0 Å². The molecule has 9 heteroatoms. The maximum absolute atomic E-state index is 13.4. The molecule has 2 N–H and O–H groups in total. The number of hydrazone groups is 1. The van der Waals surface area contributed by atoms with Crippen molar-refractivity contribution < 1.29 is 14.0 Å². The molecule has 1 fully saturated rings. The number of anilines is 1. The first-order valence-corrected chi connectivity index (χ1v) is 10.8. The van der Waals surface area contributed by atoms with Gasteiger partial charge in [-0.2, -0.15) is 15.2 Å². The number of H-pyrrole nitrogens is 1. The predicted molar refractivity (Wildman–Crippen MR) is 120 cm³/mol. The van der Waals surface area contributed by atoms with Gasteiger partial charge in [-0.1, -0.05) is 17.7 Å². The molecule has 5 rings (SSSR count). The zero-order valence-electron chi connectivity index (χ0n) is 17.4. The highest BCUT2D eigenvalue weighted by molar-refractivity contribution is 6.34. The normalized spacial score (nSPS) is 23.1. The minimum absolute atomic E-state index is 0.0327. The summed E-state index contributed by atoms with van der Waals surface area (Å²) in [6.07, 6.45) is 4.16. The Morgan fingerprint density at radius 1 is 1.25 bits per heavy atom. The van der Waals surface area contributed by atoms with Gasteiger partial charge in [0.2, 0.25) is 0 Å². The Hall–Kier alpha value is -3.26. The molecule has 2 heterocycles. The minimum Gasteiger partial charge on any atom is -0.349 e. The van der Waals surface area contributed by atoms with Crippen molar-refractivity contribution in [2.75, 3.05) is 5.01 Å². The number of amides is 2. The molecule has 164 valence electrons. The fourth-order valence-electron chi connectivity index (χ4n) is 4.64. The number of fused-ring (bicyclic) bond motifs is 1. The fraction of sp³-hybridized carbons (Fsp3) is 0.304.